The maximum atomic E-state index is 9.81. The molecule has 0 aliphatic heterocycles. The number of amidine groups is 2. The molecule has 6 nitrogen and oxygen atoms in total. The minimum absolute atomic E-state index is 0.341. The van der Waals surface area contributed by atoms with Crippen LogP contribution in [0.4, 0.5) is 0 Å². The van der Waals surface area contributed by atoms with Gasteiger partial charge in [-0.3, -0.25) is 15.6 Å². The molecule has 6 heteroatoms. The second-order valence-electron chi connectivity index (χ2n) is 1.63. The van der Waals surface area contributed by atoms with Crippen LogP contribution < -0.4 is 16.8 Å². The van der Waals surface area contributed by atoms with Crippen molar-refractivity contribution in [3.05, 3.63) is 0 Å². The molecular formula is C4H9N5O. The fourth-order valence-electron chi connectivity index (χ4n) is 0.415. The molecule has 0 radical (unpaired) electrons. The van der Waals surface area contributed by atoms with Crippen LogP contribution >= 0.6 is 0 Å². The highest BCUT2D eigenvalue weighted by atomic mass is 16.1. The number of amides is 1. The second-order valence-corrected chi connectivity index (χ2v) is 1.63. The number of carbonyl (C=O) groups excluding carboxylic acids is 1. The summed E-state index contributed by atoms with van der Waals surface area (Å²) in [4.78, 5) is 9.81. The standard InChI is InChI=1S/C4H9N5O/c5-3(6)2(4(7)8)9-1-10/h1-2H,(H3,5,6)(H3,7,8)(H,9,10). The van der Waals surface area contributed by atoms with Crippen molar-refractivity contribution in [3.8, 4) is 0 Å². The van der Waals surface area contributed by atoms with E-state index in [9.17, 15) is 4.79 Å². The van der Waals surface area contributed by atoms with Crippen LogP contribution in [-0.4, -0.2) is 24.1 Å². The summed E-state index contributed by atoms with van der Waals surface area (Å²) in [5, 5.41) is 15.7. The van der Waals surface area contributed by atoms with Crippen LogP contribution in [0.15, 0.2) is 0 Å². The van der Waals surface area contributed by atoms with Crippen molar-refractivity contribution in [2.45, 2.75) is 6.04 Å². The number of hydrogen-bond acceptors (Lipinski definition) is 3. The predicted molar refractivity (Wildman–Crippen MR) is 36.8 cm³/mol. The number of carbonyl (C=O) groups is 1. The van der Waals surface area contributed by atoms with E-state index in [1.165, 1.54) is 0 Å². The lowest BCUT2D eigenvalue weighted by Gasteiger charge is -2.10. The first-order valence-electron chi connectivity index (χ1n) is 2.47. The Morgan fingerprint density at radius 3 is 1.90 bits per heavy atom. The zero-order chi connectivity index (χ0) is 8.15. The Morgan fingerprint density at radius 1 is 1.40 bits per heavy atom. The Kier molecular flexibility index (Phi) is 2.89. The summed E-state index contributed by atoms with van der Waals surface area (Å²) >= 11 is 0. The van der Waals surface area contributed by atoms with E-state index in [0.717, 1.165) is 0 Å². The van der Waals surface area contributed by atoms with Crippen LogP contribution in [0.2, 0.25) is 0 Å². The first-order chi connectivity index (χ1) is 4.59. The second kappa shape index (κ2) is 3.44. The highest BCUT2D eigenvalue weighted by Gasteiger charge is 2.12. The molecule has 56 valence electrons. The Bertz CT molecular complexity index is 151. The normalized spacial score (nSPS) is 11.6. The lowest BCUT2D eigenvalue weighted by molar-refractivity contribution is -0.109. The van der Waals surface area contributed by atoms with Gasteiger partial charge in [-0.1, -0.05) is 0 Å². The van der Waals surface area contributed by atoms with Crippen LogP contribution in [0, 0.1) is 10.8 Å². The van der Waals surface area contributed by atoms with Gasteiger partial charge in [-0.25, -0.2) is 0 Å². The van der Waals surface area contributed by atoms with Gasteiger partial charge in [-0.15, -0.1) is 0 Å². The summed E-state index contributed by atoms with van der Waals surface area (Å²) in [7, 11) is 0. The van der Waals surface area contributed by atoms with E-state index in [-0.39, 0.29) is 11.7 Å². The average molecular weight is 143 g/mol. The third kappa shape index (κ3) is 2.12. The van der Waals surface area contributed by atoms with Crippen LogP contribution in [-0.2, 0) is 4.79 Å². The van der Waals surface area contributed by atoms with Gasteiger partial charge < -0.3 is 16.8 Å². The Hall–Kier alpha value is -1.59. The van der Waals surface area contributed by atoms with Crippen molar-refractivity contribution in [3.63, 3.8) is 0 Å². The highest BCUT2D eigenvalue weighted by Crippen LogP contribution is 1.77. The maximum absolute atomic E-state index is 9.81. The molecule has 0 heterocycles. The van der Waals surface area contributed by atoms with Gasteiger partial charge in [0, 0.05) is 0 Å². The molecule has 7 N–H and O–H groups in total. The van der Waals surface area contributed by atoms with E-state index < -0.39 is 6.04 Å². The molecule has 0 atom stereocenters. The maximum Gasteiger partial charge on any atom is 0.208 e. The molecule has 1 amide bonds. The van der Waals surface area contributed by atoms with E-state index in [1.807, 2.05) is 0 Å². The Labute approximate surface area is 57.6 Å². The number of nitrogens with two attached hydrogens (primary N) is 2. The lowest BCUT2D eigenvalue weighted by atomic mass is 10.2. The summed E-state index contributed by atoms with van der Waals surface area (Å²) in [6.07, 6.45) is 0.341. The van der Waals surface area contributed by atoms with Crippen molar-refractivity contribution in [1.29, 1.82) is 10.8 Å². The summed E-state index contributed by atoms with van der Waals surface area (Å²) in [6.45, 7) is 0. The SMILES string of the molecule is N=C(N)C(NC=O)C(=N)N. The predicted octanol–water partition coefficient (Wildman–Crippen LogP) is -2.03. The quantitative estimate of drug-likeness (QED) is 0.177. The zero-order valence-corrected chi connectivity index (χ0v) is 5.22. The van der Waals surface area contributed by atoms with Gasteiger partial charge in [0.2, 0.25) is 6.41 Å². The van der Waals surface area contributed by atoms with Crippen molar-refractivity contribution < 1.29 is 4.79 Å². The molecule has 0 bridgehead atoms. The monoisotopic (exact) mass is 143 g/mol. The van der Waals surface area contributed by atoms with Crippen molar-refractivity contribution in [2.75, 3.05) is 0 Å². The van der Waals surface area contributed by atoms with Crippen molar-refractivity contribution in [1.82, 2.24) is 5.32 Å². The average Bonchev–Trinajstić information content (AvgIpc) is 1.81. The molecule has 0 aliphatic carbocycles. The number of rotatable bonds is 4. The first-order valence-corrected chi connectivity index (χ1v) is 2.47. The van der Waals surface area contributed by atoms with Crippen LogP contribution in [0.1, 0.15) is 0 Å². The molecule has 0 saturated carbocycles. The molecule has 0 unspecified atom stereocenters. The summed E-state index contributed by atoms with van der Waals surface area (Å²) in [5.41, 5.74) is 9.93. The summed E-state index contributed by atoms with van der Waals surface area (Å²) < 4.78 is 0. The molecule has 0 fully saturated rings. The third-order valence-corrected chi connectivity index (χ3v) is 0.857. The van der Waals surface area contributed by atoms with E-state index >= 15 is 0 Å². The van der Waals surface area contributed by atoms with Crippen molar-refractivity contribution >= 4 is 18.1 Å². The topological polar surface area (TPSA) is 129 Å². The summed E-state index contributed by atoms with van der Waals surface area (Å²) in [6, 6.07) is -0.961. The highest BCUT2D eigenvalue weighted by molar-refractivity contribution is 6.06. The molecule has 0 spiro atoms. The van der Waals surface area contributed by atoms with E-state index in [0.29, 0.717) is 6.41 Å². The zero-order valence-electron chi connectivity index (χ0n) is 5.22. The Morgan fingerprint density at radius 2 is 1.80 bits per heavy atom. The van der Waals surface area contributed by atoms with Crippen LogP contribution in [0.25, 0.3) is 0 Å². The fourth-order valence-corrected chi connectivity index (χ4v) is 0.415. The van der Waals surface area contributed by atoms with E-state index in [4.69, 9.17) is 22.3 Å². The van der Waals surface area contributed by atoms with Gasteiger partial charge in [0.25, 0.3) is 0 Å². The number of hydrogen-bond donors (Lipinski definition) is 5. The fraction of sp³-hybridized carbons (Fsp3) is 0.250. The van der Waals surface area contributed by atoms with Gasteiger partial charge >= 0.3 is 0 Å². The number of nitrogens with one attached hydrogen (secondary N) is 3. The third-order valence-electron chi connectivity index (χ3n) is 0.857. The molecule has 0 rings (SSSR count). The minimum atomic E-state index is -0.961. The van der Waals surface area contributed by atoms with Gasteiger partial charge in [0.15, 0.2) is 0 Å². The molecule has 0 aromatic carbocycles. The largest absolute Gasteiger partial charge is 0.386 e. The van der Waals surface area contributed by atoms with E-state index in [1.54, 1.807) is 0 Å². The van der Waals surface area contributed by atoms with E-state index in [2.05, 4.69) is 5.32 Å². The van der Waals surface area contributed by atoms with Crippen molar-refractivity contribution in [2.24, 2.45) is 11.5 Å². The molecule has 0 aromatic rings. The van der Waals surface area contributed by atoms with Crippen LogP contribution in [0.5, 0.6) is 0 Å². The summed E-state index contributed by atoms with van der Waals surface area (Å²) in [5.74, 6) is -0.695. The minimum Gasteiger partial charge on any atom is -0.386 e. The van der Waals surface area contributed by atoms with Gasteiger partial charge in [-0.2, -0.15) is 0 Å². The van der Waals surface area contributed by atoms with Crippen LogP contribution in [0.3, 0.4) is 0 Å². The Balaban J connectivity index is 4.11. The van der Waals surface area contributed by atoms with Gasteiger partial charge in [0.1, 0.15) is 17.7 Å². The molecule has 10 heavy (non-hydrogen) atoms. The smallest absolute Gasteiger partial charge is 0.208 e. The molecular weight excluding hydrogens is 134 g/mol. The first kappa shape index (κ1) is 8.41. The molecule has 0 saturated heterocycles. The lowest BCUT2D eigenvalue weighted by Crippen LogP contribution is -2.49. The molecule has 0 aliphatic rings. The van der Waals surface area contributed by atoms with Gasteiger partial charge in [0.05, 0.1) is 0 Å². The van der Waals surface area contributed by atoms with Gasteiger partial charge in [-0.05, 0) is 0 Å². The molecule has 0 aromatic heterocycles.